The molecule has 6 heteroatoms. The summed E-state index contributed by atoms with van der Waals surface area (Å²) in [5.41, 5.74) is 6.56. The second-order valence-corrected chi connectivity index (χ2v) is 5.48. The molecular weight excluding hydrogens is 268 g/mol. The van der Waals surface area contributed by atoms with Crippen molar-refractivity contribution in [3.8, 4) is 5.88 Å². The molecule has 120 valence electrons. The molecule has 0 aliphatic heterocycles. The van der Waals surface area contributed by atoms with Crippen LogP contribution in [0.1, 0.15) is 45.9 Å². The number of methoxy groups -OCH3 is 1. The van der Waals surface area contributed by atoms with Gasteiger partial charge in [-0.15, -0.1) is 0 Å². The molecule has 0 fully saturated rings. The van der Waals surface area contributed by atoms with Gasteiger partial charge in [0.25, 0.3) is 0 Å². The van der Waals surface area contributed by atoms with E-state index in [0.717, 1.165) is 13.0 Å². The van der Waals surface area contributed by atoms with Gasteiger partial charge in [-0.3, -0.25) is 0 Å². The Bertz CT molecular complexity index is 424. The first-order chi connectivity index (χ1) is 10.1. The first-order valence-corrected chi connectivity index (χ1v) is 7.60. The summed E-state index contributed by atoms with van der Waals surface area (Å²) in [5.74, 6) is 2.05. The number of unbranched alkanes of at least 4 members (excludes halogenated alkanes) is 2. The molecule has 0 bridgehead atoms. The molecule has 1 aromatic heterocycles. The highest BCUT2D eigenvalue weighted by atomic mass is 16.5. The molecule has 0 saturated heterocycles. The van der Waals surface area contributed by atoms with E-state index in [4.69, 9.17) is 15.2 Å². The van der Waals surface area contributed by atoms with E-state index in [9.17, 15) is 0 Å². The highest BCUT2D eigenvalue weighted by Crippen LogP contribution is 2.26. The summed E-state index contributed by atoms with van der Waals surface area (Å²) < 4.78 is 10.8. The first-order valence-electron chi connectivity index (χ1n) is 7.60. The SMILES string of the molecule is CCCCCNc1nc(COC)nc(OCC(C)C)c1N. The summed E-state index contributed by atoms with van der Waals surface area (Å²) in [5, 5.41) is 3.26. The number of nitrogen functional groups attached to an aromatic ring is 1. The quantitative estimate of drug-likeness (QED) is 0.646. The molecule has 0 aliphatic carbocycles. The van der Waals surface area contributed by atoms with E-state index in [2.05, 4.69) is 36.1 Å². The van der Waals surface area contributed by atoms with Gasteiger partial charge >= 0.3 is 0 Å². The lowest BCUT2D eigenvalue weighted by Crippen LogP contribution is -2.14. The minimum absolute atomic E-state index is 0.335. The fourth-order valence-electron chi connectivity index (χ4n) is 1.76. The molecule has 6 nitrogen and oxygen atoms in total. The van der Waals surface area contributed by atoms with Crippen molar-refractivity contribution < 1.29 is 9.47 Å². The summed E-state index contributed by atoms with van der Waals surface area (Å²) in [6, 6.07) is 0. The standard InChI is InChI=1S/C15H28N4O2/c1-5-6-7-8-17-14-13(16)15(21-9-11(2)3)19-12(18-14)10-20-4/h11H,5-10,16H2,1-4H3,(H,17,18,19). The van der Waals surface area contributed by atoms with Crippen LogP contribution in [0.25, 0.3) is 0 Å². The highest BCUT2D eigenvalue weighted by Gasteiger charge is 2.13. The number of hydrogen-bond acceptors (Lipinski definition) is 6. The van der Waals surface area contributed by atoms with Crippen LogP contribution in [0, 0.1) is 5.92 Å². The van der Waals surface area contributed by atoms with Crippen LogP contribution in [0.5, 0.6) is 5.88 Å². The highest BCUT2D eigenvalue weighted by molar-refractivity contribution is 5.66. The number of rotatable bonds is 10. The molecule has 0 aromatic carbocycles. The van der Waals surface area contributed by atoms with Gasteiger partial charge in [0.2, 0.25) is 5.88 Å². The predicted molar refractivity (Wildman–Crippen MR) is 85.5 cm³/mol. The molecule has 3 N–H and O–H groups in total. The number of aromatic nitrogens is 2. The summed E-state index contributed by atoms with van der Waals surface area (Å²) >= 11 is 0. The Balaban J connectivity index is 2.82. The second-order valence-electron chi connectivity index (χ2n) is 5.48. The molecule has 0 aliphatic rings. The van der Waals surface area contributed by atoms with Gasteiger partial charge < -0.3 is 20.5 Å². The fraction of sp³-hybridized carbons (Fsp3) is 0.733. The van der Waals surface area contributed by atoms with Gasteiger partial charge in [0.1, 0.15) is 12.3 Å². The molecule has 1 aromatic rings. The summed E-state index contributed by atoms with van der Waals surface area (Å²) in [7, 11) is 1.61. The molecule has 0 spiro atoms. The Morgan fingerprint density at radius 1 is 1.24 bits per heavy atom. The largest absolute Gasteiger partial charge is 0.476 e. The van der Waals surface area contributed by atoms with Crippen LogP contribution in [-0.4, -0.2) is 30.2 Å². The van der Waals surface area contributed by atoms with Crippen molar-refractivity contribution in [2.45, 2.75) is 46.6 Å². The Morgan fingerprint density at radius 3 is 2.62 bits per heavy atom. The Morgan fingerprint density at radius 2 is 2.00 bits per heavy atom. The summed E-state index contributed by atoms with van der Waals surface area (Å²) in [4.78, 5) is 8.71. The van der Waals surface area contributed by atoms with Gasteiger partial charge in [-0.25, -0.2) is 4.98 Å². The van der Waals surface area contributed by atoms with E-state index < -0.39 is 0 Å². The molecule has 21 heavy (non-hydrogen) atoms. The van der Waals surface area contributed by atoms with Gasteiger partial charge in [0, 0.05) is 13.7 Å². The lowest BCUT2D eigenvalue weighted by atomic mass is 10.2. The molecular formula is C15H28N4O2. The molecule has 0 atom stereocenters. The number of nitrogens with one attached hydrogen (secondary N) is 1. The van der Waals surface area contributed by atoms with Crippen LogP contribution >= 0.6 is 0 Å². The van der Waals surface area contributed by atoms with Gasteiger partial charge in [-0.1, -0.05) is 33.6 Å². The number of anilines is 2. The lowest BCUT2D eigenvalue weighted by Gasteiger charge is -2.15. The molecule has 0 amide bonds. The Kier molecular flexibility index (Phi) is 7.82. The van der Waals surface area contributed by atoms with Crippen LogP contribution < -0.4 is 15.8 Å². The maximum atomic E-state index is 6.10. The zero-order valence-electron chi connectivity index (χ0n) is 13.6. The van der Waals surface area contributed by atoms with Gasteiger partial charge in [-0.2, -0.15) is 4.98 Å². The molecule has 0 saturated carbocycles. The number of hydrogen-bond donors (Lipinski definition) is 2. The van der Waals surface area contributed by atoms with Crippen molar-refractivity contribution in [3.05, 3.63) is 5.82 Å². The topological polar surface area (TPSA) is 82.3 Å². The number of nitrogens with two attached hydrogens (primary N) is 1. The third kappa shape index (κ3) is 6.16. The van der Waals surface area contributed by atoms with Crippen molar-refractivity contribution in [1.29, 1.82) is 0 Å². The normalized spacial score (nSPS) is 10.9. The Hall–Kier alpha value is -1.56. The van der Waals surface area contributed by atoms with Crippen LogP contribution in [0.4, 0.5) is 11.5 Å². The number of nitrogens with zero attached hydrogens (tertiary/aromatic N) is 2. The fourth-order valence-corrected chi connectivity index (χ4v) is 1.76. The van der Waals surface area contributed by atoms with E-state index in [1.165, 1.54) is 12.8 Å². The first kappa shape index (κ1) is 17.5. The third-order valence-electron chi connectivity index (χ3n) is 2.86. The number of ether oxygens (including phenoxy) is 2. The van der Waals surface area contributed by atoms with Crippen molar-refractivity contribution in [2.24, 2.45) is 5.92 Å². The minimum Gasteiger partial charge on any atom is -0.476 e. The van der Waals surface area contributed by atoms with Crippen LogP contribution in [0.15, 0.2) is 0 Å². The molecule has 0 radical (unpaired) electrons. The zero-order chi connectivity index (χ0) is 15.7. The maximum absolute atomic E-state index is 6.10. The van der Waals surface area contributed by atoms with Crippen molar-refractivity contribution in [3.63, 3.8) is 0 Å². The van der Waals surface area contributed by atoms with Gasteiger partial charge in [-0.05, 0) is 12.3 Å². The van der Waals surface area contributed by atoms with E-state index in [1.807, 2.05) is 0 Å². The van der Waals surface area contributed by atoms with Crippen LogP contribution in [0.3, 0.4) is 0 Å². The predicted octanol–water partition coefficient (Wildman–Crippen LogP) is 2.84. The Labute approximate surface area is 127 Å². The minimum atomic E-state index is 0.335. The van der Waals surface area contributed by atoms with E-state index in [0.29, 0.717) is 42.3 Å². The zero-order valence-corrected chi connectivity index (χ0v) is 13.6. The van der Waals surface area contributed by atoms with Gasteiger partial charge in [0.15, 0.2) is 11.6 Å². The second kappa shape index (κ2) is 9.39. The summed E-state index contributed by atoms with van der Waals surface area (Å²) in [6.07, 6.45) is 3.44. The van der Waals surface area contributed by atoms with Crippen molar-refractivity contribution in [1.82, 2.24) is 9.97 Å². The average molecular weight is 296 g/mol. The molecule has 0 unspecified atom stereocenters. The van der Waals surface area contributed by atoms with Gasteiger partial charge in [0.05, 0.1) is 6.61 Å². The third-order valence-corrected chi connectivity index (χ3v) is 2.86. The van der Waals surface area contributed by atoms with Crippen molar-refractivity contribution in [2.75, 3.05) is 31.3 Å². The molecule has 1 rings (SSSR count). The smallest absolute Gasteiger partial charge is 0.242 e. The van der Waals surface area contributed by atoms with Crippen LogP contribution in [0.2, 0.25) is 0 Å². The molecule has 1 heterocycles. The van der Waals surface area contributed by atoms with E-state index in [-0.39, 0.29) is 0 Å². The lowest BCUT2D eigenvalue weighted by molar-refractivity contribution is 0.176. The summed E-state index contributed by atoms with van der Waals surface area (Å²) in [6.45, 7) is 8.08. The van der Waals surface area contributed by atoms with E-state index >= 15 is 0 Å². The maximum Gasteiger partial charge on any atom is 0.242 e. The van der Waals surface area contributed by atoms with Crippen molar-refractivity contribution >= 4 is 11.5 Å². The monoisotopic (exact) mass is 296 g/mol. The van der Waals surface area contributed by atoms with Crippen LogP contribution in [-0.2, 0) is 11.3 Å². The average Bonchev–Trinajstić information content (AvgIpc) is 2.45. The van der Waals surface area contributed by atoms with E-state index in [1.54, 1.807) is 7.11 Å².